The molecule has 0 radical (unpaired) electrons. The number of hydrogen-bond donors (Lipinski definition) is 1. The molecule has 1 fully saturated rings. The van der Waals surface area contributed by atoms with Gasteiger partial charge < -0.3 is 24.1 Å². The van der Waals surface area contributed by atoms with Gasteiger partial charge in [0.25, 0.3) is 0 Å². The van der Waals surface area contributed by atoms with Crippen LogP contribution in [-0.4, -0.2) is 54.1 Å². The fourth-order valence-corrected chi connectivity index (χ4v) is 4.37. The number of ether oxygens (including phenoxy) is 3. The molecule has 1 saturated heterocycles. The smallest absolute Gasteiger partial charge is 0.224 e. The monoisotopic (exact) mass is 414 g/mol. The Morgan fingerprint density at radius 1 is 1.13 bits per heavy atom. The SMILES string of the molecule is COc1ccc(CC(=O)NC2CCc3nnc(C4CCOCC4)n3CC2)cc1OC. The van der Waals surface area contributed by atoms with Gasteiger partial charge in [0, 0.05) is 38.1 Å². The number of aromatic nitrogens is 3. The van der Waals surface area contributed by atoms with E-state index in [9.17, 15) is 4.79 Å². The molecular weight excluding hydrogens is 384 g/mol. The van der Waals surface area contributed by atoms with Crippen LogP contribution in [-0.2, 0) is 28.9 Å². The summed E-state index contributed by atoms with van der Waals surface area (Å²) in [4.78, 5) is 12.6. The molecule has 0 aliphatic carbocycles. The first-order valence-electron chi connectivity index (χ1n) is 10.7. The third-order valence-corrected chi connectivity index (χ3v) is 6.04. The first-order chi connectivity index (χ1) is 14.7. The molecular formula is C22H30N4O4. The Labute approximate surface area is 176 Å². The van der Waals surface area contributed by atoms with Gasteiger partial charge in [0.1, 0.15) is 11.6 Å². The molecule has 2 aromatic rings. The number of hydrogen-bond acceptors (Lipinski definition) is 6. The molecule has 30 heavy (non-hydrogen) atoms. The number of carbonyl (C=O) groups excluding carboxylic acids is 1. The van der Waals surface area contributed by atoms with E-state index in [0.717, 1.165) is 69.1 Å². The van der Waals surface area contributed by atoms with Crippen LogP contribution in [0.5, 0.6) is 11.5 Å². The molecule has 1 aromatic heterocycles. The van der Waals surface area contributed by atoms with E-state index in [-0.39, 0.29) is 11.9 Å². The first kappa shape index (κ1) is 20.7. The predicted octanol–water partition coefficient (Wildman–Crippen LogP) is 2.25. The van der Waals surface area contributed by atoms with Crippen molar-refractivity contribution < 1.29 is 19.0 Å². The van der Waals surface area contributed by atoms with Crippen molar-refractivity contribution in [3.63, 3.8) is 0 Å². The van der Waals surface area contributed by atoms with Gasteiger partial charge in [-0.15, -0.1) is 10.2 Å². The lowest BCUT2D eigenvalue weighted by Gasteiger charge is -2.22. The number of aryl methyl sites for hydroxylation is 1. The van der Waals surface area contributed by atoms with Crippen molar-refractivity contribution in [3.05, 3.63) is 35.4 Å². The van der Waals surface area contributed by atoms with Crippen LogP contribution >= 0.6 is 0 Å². The molecule has 2 aliphatic heterocycles. The Kier molecular flexibility index (Phi) is 6.52. The Hall–Kier alpha value is -2.61. The van der Waals surface area contributed by atoms with Crippen LogP contribution in [0.15, 0.2) is 18.2 Å². The zero-order valence-corrected chi connectivity index (χ0v) is 17.7. The molecule has 1 amide bonds. The Balaban J connectivity index is 1.35. The lowest BCUT2D eigenvalue weighted by atomic mass is 9.99. The molecule has 162 valence electrons. The second-order valence-corrected chi connectivity index (χ2v) is 7.97. The summed E-state index contributed by atoms with van der Waals surface area (Å²) in [6.45, 7) is 2.43. The van der Waals surface area contributed by atoms with Crippen LogP contribution in [0.2, 0.25) is 0 Å². The number of nitrogens with one attached hydrogen (secondary N) is 1. The van der Waals surface area contributed by atoms with Crippen LogP contribution in [0.4, 0.5) is 0 Å². The first-order valence-corrected chi connectivity index (χ1v) is 10.7. The van der Waals surface area contributed by atoms with E-state index >= 15 is 0 Å². The molecule has 1 N–H and O–H groups in total. The number of carbonyl (C=O) groups is 1. The fourth-order valence-electron chi connectivity index (χ4n) is 4.37. The lowest BCUT2D eigenvalue weighted by molar-refractivity contribution is -0.121. The summed E-state index contributed by atoms with van der Waals surface area (Å²) >= 11 is 0. The Morgan fingerprint density at radius 2 is 1.93 bits per heavy atom. The molecule has 0 bridgehead atoms. The van der Waals surface area contributed by atoms with Crippen LogP contribution in [0.25, 0.3) is 0 Å². The van der Waals surface area contributed by atoms with E-state index in [4.69, 9.17) is 14.2 Å². The van der Waals surface area contributed by atoms with Crippen LogP contribution in [0, 0.1) is 0 Å². The molecule has 8 nitrogen and oxygen atoms in total. The van der Waals surface area contributed by atoms with E-state index in [1.165, 1.54) is 0 Å². The van der Waals surface area contributed by atoms with E-state index < -0.39 is 0 Å². The summed E-state index contributed by atoms with van der Waals surface area (Å²) in [5.74, 6) is 3.87. The molecule has 3 heterocycles. The third kappa shape index (κ3) is 4.59. The topological polar surface area (TPSA) is 87.5 Å². The summed E-state index contributed by atoms with van der Waals surface area (Å²) in [5.41, 5.74) is 0.901. The van der Waals surface area contributed by atoms with Crippen molar-refractivity contribution in [1.29, 1.82) is 0 Å². The van der Waals surface area contributed by atoms with E-state index in [1.807, 2.05) is 18.2 Å². The molecule has 0 spiro atoms. The number of amides is 1. The van der Waals surface area contributed by atoms with Crippen molar-refractivity contribution in [3.8, 4) is 11.5 Å². The largest absolute Gasteiger partial charge is 0.493 e. The maximum atomic E-state index is 12.6. The summed E-state index contributed by atoms with van der Waals surface area (Å²) < 4.78 is 18.4. The van der Waals surface area contributed by atoms with Gasteiger partial charge in [-0.05, 0) is 43.4 Å². The summed E-state index contributed by atoms with van der Waals surface area (Å²) in [6.07, 6.45) is 4.92. The van der Waals surface area contributed by atoms with Crippen molar-refractivity contribution >= 4 is 5.91 Å². The fraction of sp³-hybridized carbons (Fsp3) is 0.591. The highest BCUT2D eigenvalue weighted by Gasteiger charge is 2.26. The number of rotatable bonds is 6. The van der Waals surface area contributed by atoms with Gasteiger partial charge in [0.15, 0.2) is 11.5 Å². The van der Waals surface area contributed by atoms with Crippen molar-refractivity contribution in [1.82, 2.24) is 20.1 Å². The zero-order valence-electron chi connectivity index (χ0n) is 17.7. The Morgan fingerprint density at radius 3 is 2.70 bits per heavy atom. The van der Waals surface area contributed by atoms with Crippen molar-refractivity contribution in [2.75, 3.05) is 27.4 Å². The van der Waals surface area contributed by atoms with Gasteiger partial charge in [-0.1, -0.05) is 6.07 Å². The lowest BCUT2D eigenvalue weighted by Crippen LogP contribution is -2.36. The minimum atomic E-state index is 0.0227. The molecule has 1 atom stereocenters. The van der Waals surface area contributed by atoms with E-state index in [0.29, 0.717) is 23.8 Å². The molecule has 2 aliphatic rings. The summed E-state index contributed by atoms with van der Waals surface area (Å²) in [5, 5.41) is 12.1. The number of nitrogens with zero attached hydrogens (tertiary/aromatic N) is 3. The van der Waals surface area contributed by atoms with E-state index in [1.54, 1.807) is 14.2 Å². The molecule has 4 rings (SSSR count). The van der Waals surface area contributed by atoms with Gasteiger partial charge in [-0.2, -0.15) is 0 Å². The van der Waals surface area contributed by atoms with Gasteiger partial charge in [0.05, 0.1) is 20.6 Å². The third-order valence-electron chi connectivity index (χ3n) is 6.04. The minimum Gasteiger partial charge on any atom is -0.493 e. The van der Waals surface area contributed by atoms with Crippen molar-refractivity contribution in [2.45, 2.75) is 57.0 Å². The minimum absolute atomic E-state index is 0.0227. The second kappa shape index (κ2) is 9.47. The average Bonchev–Trinajstić information content (AvgIpc) is 3.08. The average molecular weight is 415 g/mol. The van der Waals surface area contributed by atoms with Crippen LogP contribution in [0.1, 0.15) is 48.8 Å². The standard InChI is InChI=1S/C22H30N4O4/c1-28-18-5-3-15(13-19(18)29-2)14-21(27)23-17-4-6-20-24-25-22(26(20)10-7-17)16-8-11-30-12-9-16/h3,5,13,16-17H,4,6-12,14H2,1-2H3,(H,23,27). The Bertz CT molecular complexity index is 876. The van der Waals surface area contributed by atoms with Crippen molar-refractivity contribution in [2.24, 2.45) is 0 Å². The number of methoxy groups -OCH3 is 2. The second-order valence-electron chi connectivity index (χ2n) is 7.97. The molecule has 1 aromatic carbocycles. The van der Waals surface area contributed by atoms with Crippen LogP contribution < -0.4 is 14.8 Å². The maximum absolute atomic E-state index is 12.6. The number of benzene rings is 1. The number of fused-ring (bicyclic) bond motifs is 1. The van der Waals surface area contributed by atoms with Gasteiger partial charge in [-0.25, -0.2) is 0 Å². The predicted molar refractivity (Wildman–Crippen MR) is 111 cm³/mol. The highest BCUT2D eigenvalue weighted by molar-refractivity contribution is 5.79. The molecule has 0 saturated carbocycles. The van der Waals surface area contributed by atoms with Gasteiger partial charge >= 0.3 is 0 Å². The highest BCUT2D eigenvalue weighted by atomic mass is 16.5. The summed E-state index contributed by atoms with van der Waals surface area (Å²) in [6, 6.07) is 5.72. The van der Waals surface area contributed by atoms with Gasteiger partial charge in [0.2, 0.25) is 5.91 Å². The zero-order chi connectivity index (χ0) is 20.9. The molecule has 1 unspecified atom stereocenters. The quantitative estimate of drug-likeness (QED) is 0.780. The van der Waals surface area contributed by atoms with Crippen LogP contribution in [0.3, 0.4) is 0 Å². The highest BCUT2D eigenvalue weighted by Crippen LogP contribution is 2.29. The normalized spacial score (nSPS) is 19.6. The summed E-state index contributed by atoms with van der Waals surface area (Å²) in [7, 11) is 3.20. The van der Waals surface area contributed by atoms with E-state index in [2.05, 4.69) is 20.1 Å². The van der Waals surface area contributed by atoms with Gasteiger partial charge in [-0.3, -0.25) is 4.79 Å². The molecule has 8 heteroatoms. The maximum Gasteiger partial charge on any atom is 0.224 e.